The molecule has 0 amide bonds. The van der Waals surface area contributed by atoms with Gasteiger partial charge in [-0.2, -0.15) is 0 Å². The Kier molecular flexibility index (Phi) is 2.35. The predicted octanol–water partition coefficient (Wildman–Crippen LogP) is 2.02. The number of methoxy groups -OCH3 is 1. The minimum Gasteiger partial charge on any atom is -0.468 e. The molecular formula is C13H17ClO3. The number of halogens is 1. The molecule has 3 aliphatic carbocycles. The van der Waals surface area contributed by atoms with E-state index in [1.54, 1.807) is 0 Å². The monoisotopic (exact) mass is 256 g/mol. The Bertz CT molecular complexity index is 394. The Morgan fingerprint density at radius 2 is 2.24 bits per heavy atom. The lowest BCUT2D eigenvalue weighted by atomic mass is 9.61. The molecule has 0 spiro atoms. The highest BCUT2D eigenvalue weighted by Crippen LogP contribution is 2.68. The lowest BCUT2D eigenvalue weighted by molar-refractivity contribution is -0.156. The van der Waals surface area contributed by atoms with Crippen LogP contribution in [0.2, 0.25) is 0 Å². The zero-order valence-corrected chi connectivity index (χ0v) is 10.9. The highest BCUT2D eigenvalue weighted by Gasteiger charge is 2.67. The van der Waals surface area contributed by atoms with Gasteiger partial charge < -0.3 is 4.74 Å². The van der Waals surface area contributed by atoms with E-state index in [4.69, 9.17) is 16.3 Å². The van der Waals surface area contributed by atoms with Gasteiger partial charge in [-0.1, -0.05) is 6.92 Å². The van der Waals surface area contributed by atoms with E-state index in [0.717, 1.165) is 19.3 Å². The molecule has 2 unspecified atom stereocenters. The van der Waals surface area contributed by atoms with E-state index >= 15 is 0 Å². The van der Waals surface area contributed by atoms with Gasteiger partial charge in [-0.15, -0.1) is 11.6 Å². The minimum atomic E-state index is -0.617. The third-order valence-corrected chi connectivity index (χ3v) is 5.96. The molecule has 94 valence electrons. The Morgan fingerprint density at radius 1 is 1.53 bits per heavy atom. The van der Waals surface area contributed by atoms with Crippen LogP contribution in [0.25, 0.3) is 0 Å². The molecule has 3 aliphatic rings. The first-order valence-electron chi connectivity index (χ1n) is 6.26. The van der Waals surface area contributed by atoms with Crippen LogP contribution in [0, 0.1) is 29.1 Å². The van der Waals surface area contributed by atoms with Crippen LogP contribution in [-0.4, -0.2) is 24.2 Å². The second kappa shape index (κ2) is 3.47. The van der Waals surface area contributed by atoms with Gasteiger partial charge >= 0.3 is 5.97 Å². The first-order valence-corrected chi connectivity index (χ1v) is 6.70. The molecule has 3 fully saturated rings. The minimum absolute atomic E-state index is 0.0733. The molecule has 4 bridgehead atoms. The van der Waals surface area contributed by atoms with E-state index in [1.165, 1.54) is 7.11 Å². The van der Waals surface area contributed by atoms with E-state index in [9.17, 15) is 9.59 Å². The van der Waals surface area contributed by atoms with E-state index in [-0.39, 0.29) is 23.0 Å². The SMILES string of the molecule is COC(=O)C1C(=O)[C@@H](Cl)C2[C@@H]3CC[C@@]2(C)[C@H]1C3. The maximum atomic E-state index is 12.2. The molecule has 0 aliphatic heterocycles. The standard InChI is InChI=1S/C13H17ClO3/c1-13-4-3-6-5-7(13)8(12(16)17-2)11(15)10(14)9(6)13/h6-10H,3-5H2,1-2H3/t6-,7+,8?,9?,10+,13+/m1/s1. The van der Waals surface area contributed by atoms with Gasteiger partial charge in [0.1, 0.15) is 5.92 Å². The van der Waals surface area contributed by atoms with Crippen molar-refractivity contribution in [3.63, 3.8) is 0 Å². The van der Waals surface area contributed by atoms with Crippen molar-refractivity contribution in [2.75, 3.05) is 7.11 Å². The lowest BCUT2D eigenvalue weighted by Crippen LogP contribution is -2.51. The lowest BCUT2D eigenvalue weighted by Gasteiger charge is -2.43. The van der Waals surface area contributed by atoms with E-state index in [1.807, 2.05) is 0 Å². The first kappa shape index (κ1) is 11.5. The van der Waals surface area contributed by atoms with Gasteiger partial charge in [-0.25, -0.2) is 0 Å². The van der Waals surface area contributed by atoms with Crippen LogP contribution in [0.1, 0.15) is 26.2 Å². The van der Waals surface area contributed by atoms with Crippen LogP contribution >= 0.6 is 11.6 Å². The molecule has 3 nitrogen and oxygen atoms in total. The van der Waals surface area contributed by atoms with Crippen LogP contribution < -0.4 is 0 Å². The maximum absolute atomic E-state index is 12.2. The van der Waals surface area contributed by atoms with Crippen molar-refractivity contribution in [2.45, 2.75) is 31.6 Å². The summed E-state index contributed by atoms with van der Waals surface area (Å²) < 4.78 is 4.79. The largest absolute Gasteiger partial charge is 0.468 e. The van der Waals surface area contributed by atoms with Crippen molar-refractivity contribution in [2.24, 2.45) is 29.1 Å². The third kappa shape index (κ3) is 1.24. The summed E-state index contributed by atoms with van der Waals surface area (Å²) in [5.41, 5.74) is 0.0733. The number of rotatable bonds is 1. The summed E-state index contributed by atoms with van der Waals surface area (Å²) >= 11 is 6.32. The Balaban J connectivity index is 2.03. The molecule has 0 radical (unpaired) electrons. The van der Waals surface area contributed by atoms with Gasteiger partial charge in [0.25, 0.3) is 0 Å². The molecule has 0 aromatic heterocycles. The van der Waals surface area contributed by atoms with Crippen molar-refractivity contribution < 1.29 is 14.3 Å². The van der Waals surface area contributed by atoms with Crippen molar-refractivity contribution in [3.05, 3.63) is 0 Å². The average molecular weight is 257 g/mol. The van der Waals surface area contributed by atoms with E-state index in [2.05, 4.69) is 6.92 Å². The zero-order valence-electron chi connectivity index (χ0n) is 10.1. The van der Waals surface area contributed by atoms with Crippen LogP contribution in [0.5, 0.6) is 0 Å². The average Bonchev–Trinajstić information content (AvgIpc) is 2.74. The van der Waals surface area contributed by atoms with E-state index < -0.39 is 17.3 Å². The van der Waals surface area contributed by atoms with Crippen LogP contribution in [0.3, 0.4) is 0 Å². The normalized spacial score (nSPS) is 51.7. The first-order chi connectivity index (χ1) is 8.00. The van der Waals surface area contributed by atoms with Crippen molar-refractivity contribution in [1.82, 2.24) is 0 Å². The summed E-state index contributed by atoms with van der Waals surface area (Å²) in [6.07, 6.45) is 3.22. The molecule has 6 atom stereocenters. The van der Waals surface area contributed by atoms with Crippen LogP contribution in [0.4, 0.5) is 0 Å². The fourth-order valence-corrected chi connectivity index (χ4v) is 5.35. The molecule has 3 rings (SSSR count). The van der Waals surface area contributed by atoms with Crippen LogP contribution in [-0.2, 0) is 14.3 Å². The van der Waals surface area contributed by atoms with Crippen molar-refractivity contribution >= 4 is 23.4 Å². The molecule has 3 saturated carbocycles. The number of carbonyl (C=O) groups excluding carboxylic acids is 2. The number of ketones is 1. The molecule has 4 heteroatoms. The number of alkyl halides is 1. The number of hydrogen-bond acceptors (Lipinski definition) is 3. The molecule has 0 aromatic rings. The Morgan fingerprint density at radius 3 is 2.88 bits per heavy atom. The quantitative estimate of drug-likeness (QED) is 0.410. The Hall–Kier alpha value is -0.570. The van der Waals surface area contributed by atoms with E-state index in [0.29, 0.717) is 5.92 Å². The van der Waals surface area contributed by atoms with Gasteiger partial charge in [0.05, 0.1) is 12.5 Å². The molecule has 0 aromatic carbocycles. The second-order valence-corrected chi connectivity index (χ2v) is 6.45. The van der Waals surface area contributed by atoms with Crippen molar-refractivity contribution in [1.29, 1.82) is 0 Å². The highest BCUT2D eigenvalue weighted by molar-refractivity contribution is 6.33. The summed E-state index contributed by atoms with van der Waals surface area (Å²) in [6.45, 7) is 2.20. The van der Waals surface area contributed by atoms with Crippen molar-refractivity contribution in [3.8, 4) is 0 Å². The summed E-state index contributed by atoms with van der Waals surface area (Å²) in [5, 5.41) is -0.490. The van der Waals surface area contributed by atoms with Gasteiger partial charge in [0, 0.05) is 0 Å². The summed E-state index contributed by atoms with van der Waals surface area (Å²) in [7, 11) is 1.35. The molecule has 0 heterocycles. The smallest absolute Gasteiger partial charge is 0.316 e. The second-order valence-electron chi connectivity index (χ2n) is 5.98. The number of ether oxygens (including phenoxy) is 1. The van der Waals surface area contributed by atoms with Gasteiger partial charge in [0.2, 0.25) is 0 Å². The molecule has 0 saturated heterocycles. The zero-order chi connectivity index (χ0) is 12.4. The maximum Gasteiger partial charge on any atom is 0.316 e. The summed E-state index contributed by atoms with van der Waals surface area (Å²) in [5.74, 6) is -0.141. The summed E-state index contributed by atoms with van der Waals surface area (Å²) in [6, 6.07) is 0. The fourth-order valence-electron chi connectivity index (χ4n) is 4.72. The number of carbonyl (C=O) groups is 2. The topological polar surface area (TPSA) is 43.4 Å². The van der Waals surface area contributed by atoms with Crippen LogP contribution in [0.15, 0.2) is 0 Å². The molecule has 17 heavy (non-hydrogen) atoms. The van der Waals surface area contributed by atoms with Gasteiger partial charge in [-0.3, -0.25) is 9.59 Å². The molecule has 0 N–H and O–H groups in total. The van der Waals surface area contributed by atoms with Gasteiger partial charge in [-0.05, 0) is 42.4 Å². The Labute approximate surface area is 106 Å². The number of esters is 1. The predicted molar refractivity (Wildman–Crippen MR) is 62.6 cm³/mol. The number of Topliss-reactive ketones (excluding diaryl/α,β-unsaturated/α-hetero) is 1. The fraction of sp³-hybridized carbons (Fsp3) is 0.846. The summed E-state index contributed by atoms with van der Waals surface area (Å²) in [4.78, 5) is 24.0. The highest BCUT2D eigenvalue weighted by atomic mass is 35.5. The van der Waals surface area contributed by atoms with Gasteiger partial charge in [0.15, 0.2) is 5.78 Å². The third-order valence-electron chi connectivity index (χ3n) is 5.48. The molecular weight excluding hydrogens is 240 g/mol. The number of hydrogen-bond donors (Lipinski definition) is 0.